The minimum atomic E-state index is -4.56. The van der Waals surface area contributed by atoms with Crippen molar-refractivity contribution in [3.8, 4) is 5.75 Å². The average Bonchev–Trinajstić information content (AvgIpc) is 2.61. The summed E-state index contributed by atoms with van der Waals surface area (Å²) in [6, 6.07) is 12.2. The number of amides is 1. The third kappa shape index (κ3) is 6.16. The van der Waals surface area contributed by atoms with E-state index in [1.54, 1.807) is 0 Å². The smallest absolute Gasteiger partial charge is 0.417 e. The number of ether oxygens (including phenoxy) is 1. The normalized spacial score (nSPS) is 11.5. The number of benzene rings is 2. The highest BCUT2D eigenvalue weighted by atomic mass is 19.4. The highest BCUT2D eigenvalue weighted by molar-refractivity contribution is 5.67. The van der Waals surface area contributed by atoms with Crippen molar-refractivity contribution in [2.75, 3.05) is 6.54 Å². The number of nitrogens with one attached hydrogen (secondary N) is 1. The molecular weight excluding hydrogens is 347 g/mol. The predicted octanol–water partition coefficient (Wildman–Crippen LogP) is 4.74. The maximum atomic E-state index is 12.9. The number of hydrogen-bond donors (Lipinski definition) is 2. The Morgan fingerprint density at radius 3 is 2.58 bits per heavy atom. The summed E-state index contributed by atoms with van der Waals surface area (Å²) >= 11 is 0. The van der Waals surface area contributed by atoms with Gasteiger partial charge >= 0.3 is 12.3 Å². The van der Waals surface area contributed by atoms with Crippen molar-refractivity contribution in [2.45, 2.75) is 19.2 Å². The Morgan fingerprint density at radius 2 is 1.88 bits per heavy atom. The van der Waals surface area contributed by atoms with Crippen molar-refractivity contribution in [3.05, 3.63) is 71.3 Å². The number of alkyl halides is 3. The molecule has 0 atom stereocenters. The summed E-state index contributed by atoms with van der Waals surface area (Å²) in [7, 11) is 0. The molecule has 7 heteroatoms. The number of phenols is 1. The van der Waals surface area contributed by atoms with Gasteiger partial charge in [-0.15, -0.1) is 0 Å². The molecule has 2 N–H and O–H groups in total. The Balaban J connectivity index is 1.78. The second kappa shape index (κ2) is 8.94. The zero-order valence-corrected chi connectivity index (χ0v) is 13.8. The first-order valence-electron chi connectivity index (χ1n) is 7.87. The van der Waals surface area contributed by atoms with Gasteiger partial charge in [0.1, 0.15) is 12.4 Å². The van der Waals surface area contributed by atoms with Crippen LogP contribution in [0.1, 0.15) is 23.1 Å². The third-order valence-corrected chi connectivity index (χ3v) is 3.43. The fourth-order valence-electron chi connectivity index (χ4n) is 2.18. The summed E-state index contributed by atoms with van der Waals surface area (Å²) in [4.78, 5) is 11.5. The fourth-order valence-corrected chi connectivity index (χ4v) is 2.18. The van der Waals surface area contributed by atoms with Crippen LogP contribution in [0.25, 0.3) is 6.08 Å². The van der Waals surface area contributed by atoms with E-state index in [0.717, 1.165) is 5.56 Å². The van der Waals surface area contributed by atoms with Gasteiger partial charge in [0, 0.05) is 6.54 Å². The van der Waals surface area contributed by atoms with E-state index in [-0.39, 0.29) is 18.7 Å². The van der Waals surface area contributed by atoms with E-state index in [9.17, 15) is 23.1 Å². The molecule has 0 saturated heterocycles. The molecular formula is C19H18F3NO3. The standard InChI is InChI=1S/C19H18F3NO3/c20-19(21,22)17-12-16(24)10-9-15(17)8-4-5-11-23-18(25)26-13-14-6-2-1-3-7-14/h1-4,6-10,12,24H,5,11,13H2,(H,23,25). The van der Waals surface area contributed by atoms with Gasteiger partial charge in [-0.1, -0.05) is 48.6 Å². The Labute approximate surface area is 148 Å². The molecule has 0 heterocycles. The first-order valence-corrected chi connectivity index (χ1v) is 7.87. The van der Waals surface area contributed by atoms with Crippen LogP contribution in [0, 0.1) is 0 Å². The van der Waals surface area contributed by atoms with Gasteiger partial charge in [-0.25, -0.2) is 4.79 Å². The van der Waals surface area contributed by atoms with Crippen molar-refractivity contribution in [1.29, 1.82) is 0 Å². The lowest BCUT2D eigenvalue weighted by Gasteiger charge is -2.10. The number of alkyl carbamates (subject to hydrolysis) is 1. The van der Waals surface area contributed by atoms with Crippen molar-refractivity contribution in [3.63, 3.8) is 0 Å². The van der Waals surface area contributed by atoms with E-state index < -0.39 is 23.6 Å². The van der Waals surface area contributed by atoms with Crippen molar-refractivity contribution < 1.29 is 27.8 Å². The van der Waals surface area contributed by atoms with Gasteiger partial charge in [0.05, 0.1) is 5.56 Å². The summed E-state index contributed by atoms with van der Waals surface area (Å²) in [5.74, 6) is -0.447. The molecule has 0 fully saturated rings. The predicted molar refractivity (Wildman–Crippen MR) is 91.4 cm³/mol. The van der Waals surface area contributed by atoms with Crippen molar-refractivity contribution in [1.82, 2.24) is 5.32 Å². The Morgan fingerprint density at radius 1 is 1.15 bits per heavy atom. The quantitative estimate of drug-likeness (QED) is 0.727. The zero-order chi connectivity index (χ0) is 19.0. The van der Waals surface area contributed by atoms with E-state index in [2.05, 4.69) is 5.32 Å². The summed E-state index contributed by atoms with van der Waals surface area (Å²) in [6.45, 7) is 0.370. The van der Waals surface area contributed by atoms with Gasteiger partial charge in [0.15, 0.2) is 0 Å². The summed E-state index contributed by atoms with van der Waals surface area (Å²) < 4.78 is 43.8. The Hall–Kier alpha value is -2.96. The van der Waals surface area contributed by atoms with Crippen LogP contribution in [0.15, 0.2) is 54.6 Å². The highest BCUT2D eigenvalue weighted by Gasteiger charge is 2.33. The molecule has 4 nitrogen and oxygen atoms in total. The highest BCUT2D eigenvalue weighted by Crippen LogP contribution is 2.34. The van der Waals surface area contributed by atoms with E-state index in [1.165, 1.54) is 24.3 Å². The van der Waals surface area contributed by atoms with Gasteiger partial charge in [-0.05, 0) is 29.7 Å². The molecule has 0 aliphatic carbocycles. The molecule has 26 heavy (non-hydrogen) atoms. The van der Waals surface area contributed by atoms with Crippen LogP contribution in [0.5, 0.6) is 5.75 Å². The number of carbonyl (C=O) groups excluding carboxylic acids is 1. The molecule has 2 aromatic rings. The molecule has 0 aromatic heterocycles. The second-order valence-corrected chi connectivity index (χ2v) is 5.45. The van der Waals surface area contributed by atoms with Gasteiger partial charge < -0.3 is 15.2 Å². The van der Waals surface area contributed by atoms with E-state index in [1.807, 2.05) is 30.3 Å². The first-order chi connectivity index (χ1) is 12.4. The maximum Gasteiger partial charge on any atom is 0.417 e. The molecule has 0 aliphatic rings. The van der Waals surface area contributed by atoms with Crippen LogP contribution in [0.2, 0.25) is 0 Å². The van der Waals surface area contributed by atoms with E-state index >= 15 is 0 Å². The van der Waals surface area contributed by atoms with Gasteiger partial charge in [-0.2, -0.15) is 13.2 Å². The van der Waals surface area contributed by atoms with Crippen molar-refractivity contribution in [2.24, 2.45) is 0 Å². The van der Waals surface area contributed by atoms with Crippen LogP contribution in [0.3, 0.4) is 0 Å². The lowest BCUT2D eigenvalue weighted by Crippen LogP contribution is -2.24. The topological polar surface area (TPSA) is 58.6 Å². The second-order valence-electron chi connectivity index (χ2n) is 5.45. The number of carbonyl (C=O) groups is 1. The number of hydrogen-bond acceptors (Lipinski definition) is 3. The molecule has 1 amide bonds. The first kappa shape index (κ1) is 19.4. The summed E-state index contributed by atoms with van der Waals surface area (Å²) in [5.41, 5.74) is -0.111. The minimum absolute atomic E-state index is 0.0537. The molecule has 0 aliphatic heterocycles. The van der Waals surface area contributed by atoms with Gasteiger partial charge in [0.2, 0.25) is 0 Å². The maximum absolute atomic E-state index is 12.9. The third-order valence-electron chi connectivity index (χ3n) is 3.43. The lowest BCUT2D eigenvalue weighted by atomic mass is 10.1. The molecule has 2 rings (SSSR count). The fraction of sp³-hybridized carbons (Fsp3) is 0.211. The van der Waals surface area contributed by atoms with Crippen molar-refractivity contribution >= 4 is 12.2 Å². The number of rotatable bonds is 6. The molecule has 0 spiro atoms. The van der Waals surface area contributed by atoms with Crippen LogP contribution < -0.4 is 5.32 Å². The minimum Gasteiger partial charge on any atom is -0.508 e. The van der Waals surface area contributed by atoms with Crippen LogP contribution in [0.4, 0.5) is 18.0 Å². The van der Waals surface area contributed by atoms with Crippen LogP contribution >= 0.6 is 0 Å². The number of aromatic hydroxyl groups is 1. The largest absolute Gasteiger partial charge is 0.508 e. The van der Waals surface area contributed by atoms with Gasteiger partial charge in [-0.3, -0.25) is 0 Å². The average molecular weight is 365 g/mol. The molecule has 2 aromatic carbocycles. The van der Waals surface area contributed by atoms with E-state index in [0.29, 0.717) is 12.5 Å². The SMILES string of the molecule is O=C(NCCC=Cc1ccc(O)cc1C(F)(F)F)OCc1ccccc1. The van der Waals surface area contributed by atoms with Gasteiger partial charge in [0.25, 0.3) is 0 Å². The Bertz CT molecular complexity index is 758. The number of phenolic OH excluding ortho intramolecular Hbond substituents is 1. The zero-order valence-electron chi connectivity index (χ0n) is 13.8. The van der Waals surface area contributed by atoms with Crippen LogP contribution in [-0.4, -0.2) is 17.7 Å². The van der Waals surface area contributed by atoms with E-state index in [4.69, 9.17) is 4.74 Å². The Kier molecular flexibility index (Phi) is 6.66. The molecule has 0 bridgehead atoms. The monoisotopic (exact) mass is 365 g/mol. The molecule has 0 saturated carbocycles. The molecule has 0 radical (unpaired) electrons. The van der Waals surface area contributed by atoms with Crippen LogP contribution in [-0.2, 0) is 17.5 Å². The summed E-state index contributed by atoms with van der Waals surface area (Å²) in [5, 5.41) is 11.7. The lowest BCUT2D eigenvalue weighted by molar-refractivity contribution is -0.137. The molecule has 138 valence electrons. The number of halogens is 3. The summed E-state index contributed by atoms with van der Waals surface area (Å²) in [6.07, 6.45) is -2.00. The molecule has 0 unspecified atom stereocenters.